The van der Waals surface area contributed by atoms with Crippen molar-refractivity contribution in [3.8, 4) is 0 Å². The van der Waals surface area contributed by atoms with E-state index in [4.69, 9.17) is 9.47 Å². The summed E-state index contributed by atoms with van der Waals surface area (Å²) in [4.78, 5) is 36.2. The molecule has 5 rings (SSSR count). The van der Waals surface area contributed by atoms with Gasteiger partial charge in [0.1, 0.15) is 0 Å². The quantitative estimate of drug-likeness (QED) is 0.549. The summed E-state index contributed by atoms with van der Waals surface area (Å²) in [6.45, 7) is 5.78. The number of ketones is 2. The Bertz CT molecular complexity index is 799. The van der Waals surface area contributed by atoms with E-state index in [-0.39, 0.29) is 35.1 Å². The zero-order valence-electron chi connectivity index (χ0n) is 17.1. The van der Waals surface area contributed by atoms with Gasteiger partial charge in [-0.3, -0.25) is 14.4 Å². The third kappa shape index (κ3) is 2.20. The van der Waals surface area contributed by atoms with Gasteiger partial charge in [0.05, 0.1) is 6.10 Å². The van der Waals surface area contributed by atoms with E-state index >= 15 is 0 Å². The second-order valence-electron chi connectivity index (χ2n) is 10.2. The molecule has 0 amide bonds. The number of ether oxygens (including phenoxy) is 2. The maximum Gasteiger partial charge on any atom is 0.303 e. The number of hydrogen-bond acceptors (Lipinski definition) is 5. The second kappa shape index (κ2) is 5.78. The van der Waals surface area contributed by atoms with E-state index in [1.807, 2.05) is 6.08 Å². The minimum atomic E-state index is -0.738. The van der Waals surface area contributed by atoms with Crippen molar-refractivity contribution in [2.75, 3.05) is 6.61 Å². The van der Waals surface area contributed by atoms with Crippen LogP contribution in [-0.2, 0) is 23.9 Å². The van der Waals surface area contributed by atoms with Gasteiger partial charge >= 0.3 is 5.97 Å². The first-order valence-corrected chi connectivity index (χ1v) is 10.8. The number of hydrogen-bond donors (Lipinski definition) is 0. The molecule has 4 fully saturated rings. The molecule has 5 heteroatoms. The molecular weight excluding hydrogens is 356 g/mol. The minimum absolute atomic E-state index is 0.0120. The molecule has 5 nitrogen and oxygen atoms in total. The summed E-state index contributed by atoms with van der Waals surface area (Å²) in [7, 11) is 0. The summed E-state index contributed by atoms with van der Waals surface area (Å²) >= 11 is 0. The van der Waals surface area contributed by atoms with Crippen LogP contribution in [0.25, 0.3) is 0 Å². The van der Waals surface area contributed by atoms with E-state index in [1.165, 1.54) is 12.5 Å². The summed E-state index contributed by atoms with van der Waals surface area (Å²) in [6.07, 6.45) is 8.68. The van der Waals surface area contributed by atoms with E-state index in [2.05, 4.69) is 13.8 Å². The van der Waals surface area contributed by atoms with Crippen molar-refractivity contribution >= 4 is 17.5 Å². The van der Waals surface area contributed by atoms with Crippen LogP contribution >= 0.6 is 0 Å². The summed E-state index contributed by atoms with van der Waals surface area (Å²) < 4.78 is 11.1. The monoisotopic (exact) mass is 386 g/mol. The van der Waals surface area contributed by atoms with E-state index in [0.29, 0.717) is 24.2 Å². The van der Waals surface area contributed by atoms with Gasteiger partial charge in [-0.05, 0) is 67.8 Å². The Kier molecular flexibility index (Phi) is 3.82. The van der Waals surface area contributed by atoms with Crippen LogP contribution in [0.4, 0.5) is 0 Å². The highest BCUT2D eigenvalue weighted by Crippen LogP contribution is 2.73. The fraction of sp³-hybridized carbons (Fsp3) is 0.783. The number of fused-ring (bicyclic) bond motifs is 7. The first-order valence-electron chi connectivity index (χ1n) is 10.8. The number of carbonyl (C=O) groups excluding carboxylic acids is 3. The Morgan fingerprint density at radius 1 is 1.18 bits per heavy atom. The zero-order valence-corrected chi connectivity index (χ0v) is 17.1. The lowest BCUT2D eigenvalue weighted by Gasteiger charge is -2.58. The van der Waals surface area contributed by atoms with Crippen molar-refractivity contribution in [3.63, 3.8) is 0 Å². The molecule has 1 heterocycles. The van der Waals surface area contributed by atoms with Crippen molar-refractivity contribution in [2.24, 2.45) is 28.6 Å². The van der Waals surface area contributed by atoms with E-state index in [0.717, 1.165) is 38.5 Å². The number of epoxide rings is 1. The van der Waals surface area contributed by atoms with Crippen LogP contribution < -0.4 is 0 Å². The lowest BCUT2D eigenvalue weighted by Crippen LogP contribution is -2.55. The predicted molar refractivity (Wildman–Crippen MR) is 101 cm³/mol. The summed E-state index contributed by atoms with van der Waals surface area (Å²) in [5, 5.41) is 0. The van der Waals surface area contributed by atoms with Gasteiger partial charge < -0.3 is 9.47 Å². The van der Waals surface area contributed by atoms with Crippen molar-refractivity contribution in [3.05, 3.63) is 11.6 Å². The maximum absolute atomic E-state index is 13.0. The molecule has 5 aliphatic rings. The van der Waals surface area contributed by atoms with Crippen LogP contribution in [0.5, 0.6) is 0 Å². The zero-order chi connectivity index (χ0) is 19.9. The molecule has 0 unspecified atom stereocenters. The van der Waals surface area contributed by atoms with Crippen LogP contribution in [-0.4, -0.2) is 35.8 Å². The number of carbonyl (C=O) groups is 3. The van der Waals surface area contributed by atoms with Crippen molar-refractivity contribution in [1.29, 1.82) is 0 Å². The highest BCUT2D eigenvalue weighted by Gasteiger charge is 2.80. The number of allylic oxidation sites excluding steroid dienone is 1. The van der Waals surface area contributed by atoms with Gasteiger partial charge in [-0.25, -0.2) is 0 Å². The lowest BCUT2D eigenvalue weighted by molar-refractivity contribution is -0.152. The highest BCUT2D eigenvalue weighted by molar-refractivity contribution is 5.94. The van der Waals surface area contributed by atoms with E-state index in [9.17, 15) is 14.4 Å². The summed E-state index contributed by atoms with van der Waals surface area (Å²) in [5.41, 5.74) is 0.602. The number of esters is 1. The molecule has 152 valence electrons. The molecule has 1 aliphatic heterocycles. The van der Waals surface area contributed by atoms with Gasteiger partial charge in [-0.15, -0.1) is 0 Å². The molecule has 0 spiro atoms. The fourth-order valence-corrected chi connectivity index (χ4v) is 7.75. The lowest BCUT2D eigenvalue weighted by atomic mass is 9.46. The number of Topliss-reactive ketones (excluding diaryl/α,β-unsaturated/α-hetero) is 1. The Hall–Kier alpha value is -1.49. The first-order chi connectivity index (χ1) is 13.2. The largest absolute Gasteiger partial charge is 0.458 e. The SMILES string of the molecule is CC(=O)OCC(=O)[C@]12O[C@@H]1C[C@H]1[C@@H]3CCC4=CC(=O)CC[C@]4(C)[C@H]3CC[C@@]12C. The van der Waals surface area contributed by atoms with Crippen molar-refractivity contribution in [2.45, 2.75) is 77.4 Å². The van der Waals surface area contributed by atoms with Gasteiger partial charge in [0.25, 0.3) is 0 Å². The van der Waals surface area contributed by atoms with Crippen LogP contribution in [0, 0.1) is 28.6 Å². The highest BCUT2D eigenvalue weighted by atomic mass is 16.6. The Balaban J connectivity index is 1.42. The standard InChI is InChI=1S/C23H30O5/c1-13(24)27-12-19(26)23-20(28-23)11-18-16-5-4-14-10-15(25)6-8-21(14,2)17(16)7-9-22(18,23)3/h10,16-18,20H,4-9,11-12H2,1-3H3/t16-,17+,18+,20-,21+,22+,23+/m1/s1. The summed E-state index contributed by atoms with van der Waals surface area (Å²) in [6, 6.07) is 0. The minimum Gasteiger partial charge on any atom is -0.458 e. The van der Waals surface area contributed by atoms with Crippen molar-refractivity contribution < 1.29 is 23.9 Å². The van der Waals surface area contributed by atoms with Crippen LogP contribution in [0.1, 0.15) is 65.7 Å². The molecule has 7 atom stereocenters. The first kappa shape index (κ1) is 18.5. The Morgan fingerprint density at radius 2 is 1.96 bits per heavy atom. The topological polar surface area (TPSA) is 73.0 Å². The van der Waals surface area contributed by atoms with Gasteiger partial charge in [-0.1, -0.05) is 19.4 Å². The molecule has 28 heavy (non-hydrogen) atoms. The van der Waals surface area contributed by atoms with Gasteiger partial charge in [0.2, 0.25) is 5.78 Å². The molecular formula is C23H30O5. The molecule has 0 bridgehead atoms. The predicted octanol–water partition coefficient (Wildman–Crippen LogP) is 3.40. The van der Waals surface area contributed by atoms with E-state index in [1.54, 1.807) is 0 Å². The van der Waals surface area contributed by atoms with Crippen LogP contribution in [0.2, 0.25) is 0 Å². The molecule has 0 radical (unpaired) electrons. The third-order valence-corrected chi connectivity index (χ3v) is 9.21. The van der Waals surface area contributed by atoms with Gasteiger partial charge in [0, 0.05) is 18.8 Å². The third-order valence-electron chi connectivity index (χ3n) is 9.21. The normalized spacial score (nSPS) is 48.5. The fourth-order valence-electron chi connectivity index (χ4n) is 7.75. The van der Waals surface area contributed by atoms with Gasteiger partial charge in [-0.2, -0.15) is 0 Å². The molecule has 1 saturated heterocycles. The Labute approximate surface area is 166 Å². The molecule has 0 aromatic carbocycles. The molecule has 0 N–H and O–H groups in total. The van der Waals surface area contributed by atoms with Crippen LogP contribution in [0.3, 0.4) is 0 Å². The number of rotatable bonds is 3. The molecule has 0 aromatic heterocycles. The smallest absolute Gasteiger partial charge is 0.303 e. The Morgan fingerprint density at radius 3 is 2.71 bits per heavy atom. The summed E-state index contributed by atoms with van der Waals surface area (Å²) in [5.74, 6) is 1.47. The average molecular weight is 386 g/mol. The van der Waals surface area contributed by atoms with Gasteiger partial charge in [0.15, 0.2) is 18.0 Å². The molecule has 4 aliphatic carbocycles. The van der Waals surface area contributed by atoms with Crippen LogP contribution in [0.15, 0.2) is 11.6 Å². The molecule has 3 saturated carbocycles. The second-order valence-corrected chi connectivity index (χ2v) is 10.2. The van der Waals surface area contributed by atoms with Crippen molar-refractivity contribution in [1.82, 2.24) is 0 Å². The molecule has 0 aromatic rings. The van der Waals surface area contributed by atoms with E-state index < -0.39 is 11.6 Å². The average Bonchev–Trinajstić information content (AvgIpc) is 3.32. The maximum atomic E-state index is 13.0.